The lowest BCUT2D eigenvalue weighted by Gasteiger charge is -2.20. The van der Waals surface area contributed by atoms with Gasteiger partial charge in [-0.05, 0) is 69.3 Å². The van der Waals surface area contributed by atoms with Gasteiger partial charge in [-0.15, -0.1) is 10.1 Å². The predicted octanol–water partition coefficient (Wildman–Crippen LogP) is 3.87. The van der Waals surface area contributed by atoms with Gasteiger partial charge in [0.2, 0.25) is 12.3 Å². The molecule has 36 heavy (non-hydrogen) atoms. The molecule has 4 rings (SSSR count). The number of hydrogen-bond acceptors (Lipinski definition) is 4. The molecule has 0 bridgehead atoms. The largest absolute Gasteiger partial charge is 0.497 e. The number of hydrazone groups is 1. The smallest absolute Gasteiger partial charge is 0.304 e. The summed E-state index contributed by atoms with van der Waals surface area (Å²) < 4.78 is 6.97. The number of methoxy groups -OCH3 is 1. The van der Waals surface area contributed by atoms with Crippen LogP contribution in [0.4, 0.5) is 5.69 Å². The van der Waals surface area contributed by atoms with Gasteiger partial charge in [-0.3, -0.25) is 9.59 Å². The van der Waals surface area contributed by atoms with Crippen LogP contribution in [0.25, 0.3) is 0 Å². The Labute approximate surface area is 212 Å². The Hall–Kier alpha value is -4.13. The second-order valence-electron chi connectivity index (χ2n) is 8.81. The van der Waals surface area contributed by atoms with Gasteiger partial charge in [0.25, 0.3) is 5.91 Å². The van der Waals surface area contributed by atoms with Crippen LogP contribution >= 0.6 is 0 Å². The van der Waals surface area contributed by atoms with Crippen molar-refractivity contribution in [3.05, 3.63) is 95.1 Å². The standard InChI is InChI=1S/C29H32N4O3/c1-5-32(6-2)24-15-9-21(10-16-24)19-33-27(22-11-7-20(3)8-12-22)26(29(35)31-33)30-28(34)23-13-17-25(36-4)18-14-23/h7-19,26-27H,5-6H2,1-4H3,(H-,30,31,34,35)/p+1/t26-,27+/m0/s1. The van der Waals surface area contributed by atoms with Gasteiger partial charge in [0, 0.05) is 35.5 Å². The first-order valence-corrected chi connectivity index (χ1v) is 12.2. The Kier molecular flexibility index (Phi) is 7.68. The molecule has 186 valence electrons. The third-order valence-electron chi connectivity index (χ3n) is 6.50. The highest BCUT2D eigenvalue weighted by molar-refractivity contribution is 5.98. The molecule has 2 atom stereocenters. The number of anilines is 1. The van der Waals surface area contributed by atoms with Gasteiger partial charge in [0.15, 0.2) is 6.04 Å². The molecule has 3 aromatic rings. The van der Waals surface area contributed by atoms with Crippen molar-refractivity contribution in [3.8, 4) is 5.75 Å². The van der Waals surface area contributed by atoms with E-state index in [4.69, 9.17) is 4.74 Å². The maximum atomic E-state index is 13.1. The fourth-order valence-electron chi connectivity index (χ4n) is 4.43. The highest BCUT2D eigenvalue weighted by Gasteiger charge is 2.47. The fourth-order valence-corrected chi connectivity index (χ4v) is 4.43. The molecule has 1 saturated heterocycles. The summed E-state index contributed by atoms with van der Waals surface area (Å²) in [4.78, 5) is 28.4. The van der Waals surface area contributed by atoms with Crippen molar-refractivity contribution >= 4 is 23.7 Å². The lowest BCUT2D eigenvalue weighted by molar-refractivity contribution is -0.596. The van der Waals surface area contributed by atoms with E-state index in [9.17, 15) is 9.59 Å². The molecule has 0 spiro atoms. The first kappa shape index (κ1) is 25.0. The van der Waals surface area contributed by atoms with Crippen LogP contribution in [-0.4, -0.2) is 49.0 Å². The van der Waals surface area contributed by atoms with E-state index < -0.39 is 12.1 Å². The van der Waals surface area contributed by atoms with Gasteiger partial charge in [0.1, 0.15) is 5.75 Å². The van der Waals surface area contributed by atoms with Gasteiger partial charge < -0.3 is 15.0 Å². The van der Waals surface area contributed by atoms with Gasteiger partial charge >= 0.3 is 5.91 Å². The molecule has 3 aromatic carbocycles. The Morgan fingerprint density at radius 1 is 1.00 bits per heavy atom. The number of nitrogens with one attached hydrogen (secondary N) is 2. The summed E-state index contributed by atoms with van der Waals surface area (Å²) in [5.41, 5.74) is 7.56. The SMILES string of the molecule is CCN(CC)c1ccc(/C=[N+]2\NC(=O)[C@@H](NC(=O)c3ccc(OC)cc3)[C@H]2c2ccc(C)cc2)cc1. The maximum absolute atomic E-state index is 13.1. The van der Waals surface area contributed by atoms with Crippen molar-refractivity contribution in [1.29, 1.82) is 0 Å². The van der Waals surface area contributed by atoms with Gasteiger partial charge in [-0.25, -0.2) is 0 Å². The highest BCUT2D eigenvalue weighted by atomic mass is 16.5. The van der Waals surface area contributed by atoms with Crippen LogP contribution in [-0.2, 0) is 4.79 Å². The monoisotopic (exact) mass is 485 g/mol. The molecule has 0 unspecified atom stereocenters. The molecule has 7 heteroatoms. The van der Waals surface area contributed by atoms with Crippen LogP contribution in [0.2, 0.25) is 0 Å². The van der Waals surface area contributed by atoms with Gasteiger partial charge in [0.05, 0.1) is 7.11 Å². The van der Waals surface area contributed by atoms with Crippen LogP contribution in [0.1, 0.15) is 46.9 Å². The van der Waals surface area contributed by atoms with Crippen LogP contribution in [0.15, 0.2) is 72.8 Å². The number of benzene rings is 3. The number of aryl methyl sites for hydroxylation is 1. The van der Waals surface area contributed by atoms with Crippen LogP contribution in [0, 0.1) is 6.92 Å². The number of carbonyl (C=O) groups excluding carboxylic acids is 2. The zero-order valence-corrected chi connectivity index (χ0v) is 21.2. The van der Waals surface area contributed by atoms with E-state index in [-0.39, 0.29) is 11.8 Å². The molecule has 1 aliphatic rings. The van der Waals surface area contributed by atoms with E-state index >= 15 is 0 Å². The van der Waals surface area contributed by atoms with Gasteiger partial charge in [-0.1, -0.05) is 29.8 Å². The minimum atomic E-state index is -0.770. The van der Waals surface area contributed by atoms with Crippen LogP contribution in [0.3, 0.4) is 0 Å². The van der Waals surface area contributed by atoms with E-state index in [0.717, 1.165) is 35.5 Å². The molecule has 0 radical (unpaired) electrons. The minimum absolute atomic E-state index is 0.265. The average molecular weight is 486 g/mol. The van der Waals surface area contributed by atoms with E-state index in [1.807, 2.05) is 49.5 Å². The zero-order valence-electron chi connectivity index (χ0n) is 21.2. The Bertz CT molecular complexity index is 1230. The van der Waals surface area contributed by atoms with Gasteiger partial charge in [-0.2, -0.15) is 0 Å². The summed E-state index contributed by atoms with van der Waals surface area (Å²) in [6, 6.07) is 21.9. The molecule has 0 aliphatic carbocycles. The Balaban J connectivity index is 1.65. The van der Waals surface area contributed by atoms with Crippen molar-refractivity contribution in [2.24, 2.45) is 0 Å². The Morgan fingerprint density at radius 3 is 2.22 bits per heavy atom. The second-order valence-corrected chi connectivity index (χ2v) is 8.81. The summed E-state index contributed by atoms with van der Waals surface area (Å²) in [6.07, 6.45) is 1.91. The molecule has 0 aromatic heterocycles. The van der Waals surface area contributed by atoms with E-state index in [2.05, 4.69) is 41.6 Å². The molecule has 1 fully saturated rings. The third-order valence-corrected chi connectivity index (χ3v) is 6.50. The average Bonchev–Trinajstić information content (AvgIpc) is 3.20. The molecular formula is C29H33N4O3+. The van der Waals surface area contributed by atoms with E-state index in [0.29, 0.717) is 11.3 Å². The predicted molar refractivity (Wildman–Crippen MR) is 142 cm³/mol. The summed E-state index contributed by atoms with van der Waals surface area (Å²) in [5, 5.41) is 2.94. The lowest BCUT2D eigenvalue weighted by atomic mass is 9.98. The normalized spacial score (nSPS) is 18.1. The molecule has 2 N–H and O–H groups in total. The summed E-state index contributed by atoms with van der Waals surface area (Å²) in [6.45, 7) is 8.16. The third kappa shape index (κ3) is 5.40. The van der Waals surface area contributed by atoms with Crippen molar-refractivity contribution in [1.82, 2.24) is 10.7 Å². The first-order valence-electron chi connectivity index (χ1n) is 12.2. The molecule has 2 amide bonds. The Morgan fingerprint density at radius 2 is 1.64 bits per heavy atom. The fraction of sp³-hybridized carbons (Fsp3) is 0.276. The number of hydrogen-bond donors (Lipinski definition) is 2. The van der Waals surface area contributed by atoms with Crippen molar-refractivity contribution in [3.63, 3.8) is 0 Å². The quantitative estimate of drug-likeness (QED) is 0.475. The van der Waals surface area contributed by atoms with Crippen LogP contribution in [0.5, 0.6) is 5.75 Å². The molecule has 0 saturated carbocycles. The number of carbonyl (C=O) groups is 2. The highest BCUT2D eigenvalue weighted by Crippen LogP contribution is 2.26. The first-order chi connectivity index (χ1) is 17.4. The topological polar surface area (TPSA) is 73.7 Å². The molecule has 7 nitrogen and oxygen atoms in total. The molecule has 1 aliphatic heterocycles. The number of nitrogens with zero attached hydrogens (tertiary/aromatic N) is 2. The number of hydrazine groups is 1. The van der Waals surface area contributed by atoms with E-state index in [1.165, 1.54) is 0 Å². The summed E-state index contributed by atoms with van der Waals surface area (Å²) in [5.74, 6) is 0.0780. The minimum Gasteiger partial charge on any atom is -0.497 e. The zero-order chi connectivity index (χ0) is 25.7. The molecule has 1 heterocycles. The molecular weight excluding hydrogens is 452 g/mol. The second kappa shape index (κ2) is 11.1. The van der Waals surface area contributed by atoms with Crippen molar-refractivity contribution in [2.75, 3.05) is 25.1 Å². The number of amides is 2. The van der Waals surface area contributed by atoms with Crippen molar-refractivity contribution in [2.45, 2.75) is 32.9 Å². The summed E-state index contributed by atoms with van der Waals surface area (Å²) >= 11 is 0. The van der Waals surface area contributed by atoms with E-state index in [1.54, 1.807) is 36.1 Å². The van der Waals surface area contributed by atoms with Crippen molar-refractivity contribution < 1.29 is 19.0 Å². The summed E-state index contributed by atoms with van der Waals surface area (Å²) in [7, 11) is 1.58. The maximum Gasteiger partial charge on any atom is 0.304 e. The lowest BCUT2D eigenvalue weighted by Crippen LogP contribution is -2.42. The van der Waals surface area contributed by atoms with Crippen LogP contribution < -0.4 is 20.4 Å². The number of rotatable bonds is 8. The number of ether oxygens (including phenoxy) is 1.